The molecule has 2 heterocycles. The molecule has 0 aromatic heterocycles. The Morgan fingerprint density at radius 3 is 2.45 bits per heavy atom. The van der Waals surface area contributed by atoms with Gasteiger partial charge in [-0.05, 0) is 47.7 Å². The first kappa shape index (κ1) is 35.3. The van der Waals surface area contributed by atoms with Crippen LogP contribution in [-0.4, -0.2) is 102 Å². The lowest BCUT2D eigenvalue weighted by molar-refractivity contribution is -0.139. The summed E-state index contributed by atoms with van der Waals surface area (Å²) in [5.74, 6) is -4.94. The van der Waals surface area contributed by atoms with E-state index in [1.807, 2.05) is 0 Å². The molecule has 2 aliphatic rings. The minimum Gasteiger partial charge on any atom is -0.478 e. The highest BCUT2D eigenvalue weighted by atomic mass is 32.2. The van der Waals surface area contributed by atoms with Gasteiger partial charge in [-0.15, -0.1) is 0 Å². The number of nitrogens with one attached hydrogen (secondary N) is 2. The Hall–Kier alpha value is -4.60. The molecule has 12 nitrogen and oxygen atoms in total. The Balaban J connectivity index is 1.73. The van der Waals surface area contributed by atoms with Gasteiger partial charge in [0.25, 0.3) is 0 Å². The molecule has 1 fully saturated rings. The highest BCUT2D eigenvalue weighted by Gasteiger charge is 2.38. The van der Waals surface area contributed by atoms with Crippen LogP contribution in [0.4, 0.5) is 13.2 Å². The van der Waals surface area contributed by atoms with Gasteiger partial charge in [0, 0.05) is 39.1 Å². The van der Waals surface area contributed by atoms with Crippen molar-refractivity contribution in [3.63, 3.8) is 0 Å². The van der Waals surface area contributed by atoms with E-state index in [-0.39, 0.29) is 39.7 Å². The number of halogens is 3. The third-order valence-corrected chi connectivity index (χ3v) is 8.88. The number of amides is 4. The number of carboxylic acids is 1. The Kier molecular flexibility index (Phi) is 10.8. The molecule has 3 N–H and O–H groups in total. The van der Waals surface area contributed by atoms with Crippen molar-refractivity contribution < 1.29 is 51.8 Å². The lowest BCUT2D eigenvalue weighted by atomic mass is 9.93. The van der Waals surface area contributed by atoms with Crippen LogP contribution in [0.1, 0.15) is 51.6 Å². The van der Waals surface area contributed by atoms with E-state index in [0.29, 0.717) is 25.5 Å². The summed E-state index contributed by atoms with van der Waals surface area (Å²) in [7, 11) is 2.97. The number of carboxylic acid groups (broad SMARTS) is 1. The monoisotopic (exact) mass is 678 g/mol. The number of carbonyl (C=O) groups excluding carboxylic acids is 5. The maximum atomic E-state index is 13.8. The molecule has 4 rings (SSSR count). The van der Waals surface area contributed by atoms with Crippen LogP contribution in [0.2, 0.25) is 0 Å². The van der Waals surface area contributed by atoms with E-state index in [4.69, 9.17) is 4.74 Å². The Morgan fingerprint density at radius 2 is 1.81 bits per heavy atom. The summed E-state index contributed by atoms with van der Waals surface area (Å²) in [6.07, 6.45) is -4.05. The molecule has 252 valence electrons. The van der Waals surface area contributed by atoms with Gasteiger partial charge in [-0.2, -0.15) is 24.9 Å². The van der Waals surface area contributed by atoms with Gasteiger partial charge < -0.3 is 30.3 Å². The number of aromatic carboxylic acids is 1. The molecule has 0 bridgehead atoms. The average molecular weight is 679 g/mol. The maximum absolute atomic E-state index is 13.8. The molecule has 0 saturated carbocycles. The average Bonchev–Trinajstić information content (AvgIpc) is 3.51. The zero-order valence-electron chi connectivity index (χ0n) is 25.7. The van der Waals surface area contributed by atoms with Crippen LogP contribution in [0, 0.1) is 0 Å². The molecule has 4 amide bonds. The standard InChI is InChI=1S/C31H33F3N4O8S/c1-16(39)38-11-5-8-25(38)27(41)35-23-13-46-30(45)19-7-4-6-18(17-9-10-20(29(43)44)22(12-17)31(32,33)34)21(19)14-47-15-24(36-26(23)40)28(42)37(2)3/h4,6-7,9-10,12,23-25H,5,8,11,13-15H2,1-3H3,(H,35,41)(H,36,40)(H,43,44)/t23-,24-,25+/m1/s1. The molecule has 1 saturated heterocycles. The van der Waals surface area contributed by atoms with Crippen LogP contribution in [0.3, 0.4) is 0 Å². The summed E-state index contributed by atoms with van der Waals surface area (Å²) in [5, 5.41) is 14.5. The molecular weight excluding hydrogens is 645 g/mol. The number of alkyl halides is 3. The quantitative estimate of drug-likeness (QED) is 0.404. The maximum Gasteiger partial charge on any atom is 0.417 e. The molecule has 47 heavy (non-hydrogen) atoms. The van der Waals surface area contributed by atoms with Gasteiger partial charge in [0.2, 0.25) is 23.6 Å². The third-order valence-electron chi connectivity index (χ3n) is 7.82. The minimum atomic E-state index is -4.98. The summed E-state index contributed by atoms with van der Waals surface area (Å²) in [6.45, 7) is 1.02. The van der Waals surface area contributed by atoms with Crippen molar-refractivity contribution in [2.45, 2.75) is 49.8 Å². The Labute approximate surface area is 272 Å². The van der Waals surface area contributed by atoms with E-state index in [0.717, 1.165) is 17.8 Å². The van der Waals surface area contributed by atoms with Gasteiger partial charge in [-0.3, -0.25) is 19.2 Å². The van der Waals surface area contributed by atoms with Gasteiger partial charge in [0.15, 0.2) is 0 Å². The molecule has 0 aliphatic carbocycles. The number of rotatable bonds is 5. The molecule has 3 atom stereocenters. The number of ether oxygens (including phenoxy) is 1. The van der Waals surface area contributed by atoms with Crippen molar-refractivity contribution in [1.29, 1.82) is 0 Å². The first-order valence-electron chi connectivity index (χ1n) is 14.5. The van der Waals surface area contributed by atoms with E-state index < -0.39 is 71.7 Å². The number of nitrogens with zero attached hydrogens (tertiary/aromatic N) is 2. The lowest BCUT2D eigenvalue weighted by Gasteiger charge is -2.28. The zero-order valence-corrected chi connectivity index (χ0v) is 26.5. The number of hydrogen-bond donors (Lipinski definition) is 3. The van der Waals surface area contributed by atoms with E-state index in [9.17, 15) is 47.0 Å². The predicted molar refractivity (Wildman–Crippen MR) is 163 cm³/mol. The number of cyclic esters (lactones) is 1. The van der Waals surface area contributed by atoms with E-state index in [1.54, 1.807) is 0 Å². The van der Waals surface area contributed by atoms with Gasteiger partial charge in [0.05, 0.1) is 16.7 Å². The second-order valence-electron chi connectivity index (χ2n) is 11.2. The number of fused-ring (bicyclic) bond motifs is 1. The van der Waals surface area contributed by atoms with Crippen molar-refractivity contribution in [1.82, 2.24) is 20.4 Å². The van der Waals surface area contributed by atoms with Crippen LogP contribution in [0.25, 0.3) is 11.1 Å². The minimum absolute atomic E-state index is 0.00154. The largest absolute Gasteiger partial charge is 0.478 e. The smallest absolute Gasteiger partial charge is 0.417 e. The second-order valence-corrected chi connectivity index (χ2v) is 12.3. The summed E-state index contributed by atoms with van der Waals surface area (Å²) < 4.78 is 47.0. The summed E-state index contributed by atoms with van der Waals surface area (Å²) in [6, 6.07) is 3.64. The fourth-order valence-corrected chi connectivity index (χ4v) is 6.57. The molecule has 16 heteroatoms. The summed E-state index contributed by atoms with van der Waals surface area (Å²) in [5.41, 5.74) is -1.90. The fourth-order valence-electron chi connectivity index (χ4n) is 5.48. The fraction of sp³-hybridized carbons (Fsp3) is 0.419. The van der Waals surface area contributed by atoms with Crippen LogP contribution in [0.15, 0.2) is 36.4 Å². The summed E-state index contributed by atoms with van der Waals surface area (Å²) >= 11 is 1.12. The molecule has 2 aromatic rings. The van der Waals surface area contributed by atoms with Crippen LogP contribution < -0.4 is 10.6 Å². The Bertz CT molecular complexity index is 1600. The topological polar surface area (TPSA) is 162 Å². The molecule has 0 radical (unpaired) electrons. The molecular formula is C31H33F3N4O8S. The normalized spacial score (nSPS) is 20.6. The zero-order chi connectivity index (χ0) is 34.6. The molecule has 2 aromatic carbocycles. The van der Waals surface area contributed by atoms with Crippen molar-refractivity contribution in [2.24, 2.45) is 0 Å². The van der Waals surface area contributed by atoms with Gasteiger partial charge >= 0.3 is 18.1 Å². The number of benzene rings is 2. The Morgan fingerprint density at radius 1 is 1.11 bits per heavy atom. The number of thioether (sulfide) groups is 1. The van der Waals surface area contributed by atoms with Crippen LogP contribution >= 0.6 is 11.8 Å². The molecule has 0 unspecified atom stereocenters. The number of likely N-dealkylation sites (N-methyl/N-ethyl adjacent to an activating group) is 1. The van der Waals surface area contributed by atoms with E-state index in [1.165, 1.54) is 55.1 Å². The van der Waals surface area contributed by atoms with Crippen molar-refractivity contribution >= 4 is 47.3 Å². The van der Waals surface area contributed by atoms with Gasteiger partial charge in [-0.1, -0.05) is 18.2 Å². The van der Waals surface area contributed by atoms with Crippen molar-refractivity contribution in [3.05, 3.63) is 58.7 Å². The number of likely N-dealkylation sites (tertiary alicyclic amines) is 1. The predicted octanol–water partition coefficient (Wildman–Crippen LogP) is 2.54. The van der Waals surface area contributed by atoms with Crippen molar-refractivity contribution in [2.75, 3.05) is 33.0 Å². The van der Waals surface area contributed by atoms with Crippen molar-refractivity contribution in [3.8, 4) is 11.1 Å². The summed E-state index contributed by atoms with van der Waals surface area (Å²) in [4.78, 5) is 79.2. The van der Waals surface area contributed by atoms with Crippen LogP contribution in [-0.2, 0) is 35.8 Å². The third kappa shape index (κ3) is 8.04. The van der Waals surface area contributed by atoms with Gasteiger partial charge in [0.1, 0.15) is 24.7 Å². The number of esters is 1. The van der Waals surface area contributed by atoms with E-state index in [2.05, 4.69) is 10.6 Å². The number of hydrogen-bond acceptors (Lipinski definition) is 8. The second kappa shape index (κ2) is 14.4. The van der Waals surface area contributed by atoms with Gasteiger partial charge in [-0.25, -0.2) is 9.59 Å². The first-order valence-corrected chi connectivity index (χ1v) is 15.7. The molecule has 2 aliphatic heterocycles. The molecule has 0 spiro atoms. The number of carbonyl (C=O) groups is 6. The highest BCUT2D eigenvalue weighted by Crippen LogP contribution is 2.37. The lowest BCUT2D eigenvalue weighted by Crippen LogP contribution is -2.58. The SMILES string of the molecule is CC(=O)N1CCC[C@H]1C(=O)N[C@@H]1COC(=O)c2cccc(-c3ccc(C(=O)O)c(C(F)(F)F)c3)c2CSC[C@H](C(=O)N(C)C)NC1=O. The highest BCUT2D eigenvalue weighted by molar-refractivity contribution is 7.98. The first-order chi connectivity index (χ1) is 22.1. The van der Waals surface area contributed by atoms with E-state index >= 15 is 0 Å². The van der Waals surface area contributed by atoms with Crippen LogP contribution in [0.5, 0.6) is 0 Å².